The van der Waals surface area contributed by atoms with Crippen molar-refractivity contribution in [2.24, 2.45) is 0 Å². The average molecular weight is 245 g/mol. The van der Waals surface area contributed by atoms with E-state index in [1.165, 1.54) is 6.33 Å². The summed E-state index contributed by atoms with van der Waals surface area (Å²) in [4.78, 5) is 7.80. The van der Waals surface area contributed by atoms with E-state index in [0.717, 1.165) is 32.4 Å². The van der Waals surface area contributed by atoms with E-state index in [-0.39, 0.29) is 5.15 Å². The summed E-state index contributed by atoms with van der Waals surface area (Å²) in [6.45, 7) is 1.63. The van der Waals surface area contributed by atoms with Crippen LogP contribution in [0.15, 0.2) is 6.33 Å². The van der Waals surface area contributed by atoms with Crippen LogP contribution >= 0.6 is 11.6 Å². The summed E-state index contributed by atoms with van der Waals surface area (Å²) in [7, 11) is 1.71. The van der Waals surface area contributed by atoms with Crippen molar-refractivity contribution >= 4 is 23.1 Å². The van der Waals surface area contributed by atoms with Gasteiger partial charge in [-0.2, -0.15) is 0 Å². The fourth-order valence-corrected chi connectivity index (χ4v) is 1.40. The summed E-state index contributed by atoms with van der Waals surface area (Å²) < 4.78 is 4.96. The van der Waals surface area contributed by atoms with E-state index in [0.29, 0.717) is 11.5 Å². The molecule has 0 unspecified atom stereocenters. The lowest BCUT2D eigenvalue weighted by Gasteiger charge is -2.08. The SMILES string of the molecule is COCCCCCNc1ncnc(Cl)c1N. The number of ether oxygens (including phenoxy) is 1. The second kappa shape index (κ2) is 7.24. The molecule has 0 aliphatic rings. The van der Waals surface area contributed by atoms with E-state index >= 15 is 0 Å². The van der Waals surface area contributed by atoms with E-state index in [4.69, 9.17) is 22.1 Å². The zero-order valence-electron chi connectivity index (χ0n) is 9.37. The molecule has 0 amide bonds. The van der Waals surface area contributed by atoms with Gasteiger partial charge in [0, 0.05) is 20.3 Å². The first kappa shape index (κ1) is 13.0. The maximum absolute atomic E-state index is 5.76. The number of nitrogens with two attached hydrogens (primary N) is 1. The maximum atomic E-state index is 5.76. The summed E-state index contributed by atoms with van der Waals surface area (Å²) in [5.74, 6) is 0.603. The van der Waals surface area contributed by atoms with Crippen molar-refractivity contribution in [3.8, 4) is 0 Å². The summed E-state index contributed by atoms with van der Waals surface area (Å²) in [6.07, 6.45) is 4.62. The molecule has 0 fully saturated rings. The average Bonchev–Trinajstić information content (AvgIpc) is 2.29. The van der Waals surface area contributed by atoms with Crippen LogP contribution in [0.3, 0.4) is 0 Å². The van der Waals surface area contributed by atoms with Crippen LogP contribution in [-0.2, 0) is 4.74 Å². The Labute approximate surface area is 100 Å². The zero-order chi connectivity index (χ0) is 11.8. The van der Waals surface area contributed by atoms with Gasteiger partial charge in [0.25, 0.3) is 0 Å². The van der Waals surface area contributed by atoms with Crippen LogP contribution in [0, 0.1) is 0 Å². The van der Waals surface area contributed by atoms with Crippen LogP contribution in [0.5, 0.6) is 0 Å². The highest BCUT2D eigenvalue weighted by molar-refractivity contribution is 6.32. The van der Waals surface area contributed by atoms with E-state index in [9.17, 15) is 0 Å². The van der Waals surface area contributed by atoms with Gasteiger partial charge >= 0.3 is 0 Å². The van der Waals surface area contributed by atoms with Crippen LogP contribution in [0.1, 0.15) is 19.3 Å². The van der Waals surface area contributed by atoms with Crippen LogP contribution in [0.2, 0.25) is 5.15 Å². The first-order chi connectivity index (χ1) is 7.75. The minimum Gasteiger partial charge on any atom is -0.393 e. The van der Waals surface area contributed by atoms with E-state index < -0.39 is 0 Å². The summed E-state index contributed by atoms with van der Waals surface area (Å²) in [5, 5.41) is 3.42. The predicted molar refractivity (Wildman–Crippen MR) is 65.7 cm³/mol. The summed E-state index contributed by atoms with van der Waals surface area (Å²) >= 11 is 5.76. The number of hydrogen-bond acceptors (Lipinski definition) is 5. The third-order valence-corrected chi connectivity index (χ3v) is 2.45. The van der Waals surface area contributed by atoms with Crippen molar-refractivity contribution < 1.29 is 4.74 Å². The number of halogens is 1. The molecule has 0 aliphatic carbocycles. The summed E-state index contributed by atoms with van der Waals surface area (Å²) in [6, 6.07) is 0. The molecule has 0 aliphatic heterocycles. The molecule has 1 heterocycles. The molecule has 0 atom stereocenters. The molecular weight excluding hydrogens is 228 g/mol. The Morgan fingerprint density at radius 2 is 2.19 bits per heavy atom. The topological polar surface area (TPSA) is 73.1 Å². The predicted octanol–water partition coefficient (Wildman–Crippen LogP) is 1.94. The molecular formula is C10H17ClN4O. The number of aromatic nitrogens is 2. The molecule has 1 rings (SSSR count). The van der Waals surface area contributed by atoms with Gasteiger partial charge in [0.15, 0.2) is 11.0 Å². The van der Waals surface area contributed by atoms with Gasteiger partial charge in [0.2, 0.25) is 0 Å². The second-order valence-electron chi connectivity index (χ2n) is 3.41. The number of nitrogens with one attached hydrogen (secondary N) is 1. The number of rotatable bonds is 7. The van der Waals surface area contributed by atoms with Crippen molar-refractivity contribution in [2.45, 2.75) is 19.3 Å². The Bertz CT molecular complexity index is 322. The van der Waals surface area contributed by atoms with Crippen molar-refractivity contribution in [2.75, 3.05) is 31.3 Å². The molecule has 90 valence electrons. The fraction of sp³-hybridized carbons (Fsp3) is 0.600. The molecule has 16 heavy (non-hydrogen) atoms. The number of unbranched alkanes of at least 4 members (excludes halogenated alkanes) is 2. The Kier molecular flexibility index (Phi) is 5.88. The van der Waals surface area contributed by atoms with E-state index in [2.05, 4.69) is 15.3 Å². The van der Waals surface area contributed by atoms with Crippen LogP contribution in [0.25, 0.3) is 0 Å². The molecule has 5 nitrogen and oxygen atoms in total. The minimum atomic E-state index is 0.289. The van der Waals surface area contributed by atoms with Gasteiger partial charge in [0.1, 0.15) is 12.0 Å². The van der Waals surface area contributed by atoms with Gasteiger partial charge in [0.05, 0.1) is 0 Å². The molecule has 3 N–H and O–H groups in total. The third-order valence-electron chi connectivity index (χ3n) is 2.15. The Balaban J connectivity index is 2.24. The number of nitrogens with zero attached hydrogens (tertiary/aromatic N) is 2. The molecule has 6 heteroatoms. The molecule has 0 aromatic carbocycles. The maximum Gasteiger partial charge on any atom is 0.157 e. The highest BCUT2D eigenvalue weighted by Gasteiger charge is 2.04. The van der Waals surface area contributed by atoms with Crippen molar-refractivity contribution in [3.63, 3.8) is 0 Å². The molecule has 1 aromatic heterocycles. The Morgan fingerprint density at radius 3 is 2.94 bits per heavy atom. The van der Waals surface area contributed by atoms with Gasteiger partial charge < -0.3 is 15.8 Å². The largest absolute Gasteiger partial charge is 0.393 e. The minimum absolute atomic E-state index is 0.289. The molecule has 0 saturated heterocycles. The lowest BCUT2D eigenvalue weighted by atomic mass is 10.2. The van der Waals surface area contributed by atoms with Gasteiger partial charge in [-0.3, -0.25) is 0 Å². The van der Waals surface area contributed by atoms with Crippen LogP contribution < -0.4 is 11.1 Å². The molecule has 0 saturated carbocycles. The lowest BCUT2D eigenvalue weighted by Crippen LogP contribution is -2.07. The van der Waals surface area contributed by atoms with E-state index in [1.807, 2.05) is 0 Å². The van der Waals surface area contributed by atoms with Crippen LogP contribution in [0.4, 0.5) is 11.5 Å². The van der Waals surface area contributed by atoms with Crippen molar-refractivity contribution in [3.05, 3.63) is 11.5 Å². The van der Waals surface area contributed by atoms with E-state index in [1.54, 1.807) is 7.11 Å². The molecule has 0 bridgehead atoms. The fourth-order valence-electron chi connectivity index (χ4n) is 1.27. The quantitative estimate of drug-likeness (QED) is 0.567. The Hall–Kier alpha value is -1.07. The van der Waals surface area contributed by atoms with Gasteiger partial charge in [-0.05, 0) is 19.3 Å². The number of methoxy groups -OCH3 is 1. The van der Waals surface area contributed by atoms with Gasteiger partial charge in [-0.15, -0.1) is 0 Å². The first-order valence-electron chi connectivity index (χ1n) is 5.24. The highest BCUT2D eigenvalue weighted by atomic mass is 35.5. The first-order valence-corrected chi connectivity index (χ1v) is 5.62. The summed E-state index contributed by atoms with van der Waals surface area (Å²) in [5.41, 5.74) is 6.11. The number of hydrogen-bond donors (Lipinski definition) is 2. The third kappa shape index (κ3) is 4.20. The monoisotopic (exact) mass is 244 g/mol. The number of anilines is 2. The molecule has 0 spiro atoms. The highest BCUT2D eigenvalue weighted by Crippen LogP contribution is 2.21. The molecule has 0 radical (unpaired) electrons. The zero-order valence-corrected chi connectivity index (χ0v) is 10.1. The molecule has 1 aromatic rings. The standard InChI is InChI=1S/C10H17ClN4O/c1-16-6-4-2-3-5-13-10-8(12)9(11)14-7-15-10/h7H,2-6,12H2,1H3,(H,13,14,15). The number of nitrogen functional groups attached to an aromatic ring is 1. The van der Waals surface area contributed by atoms with Gasteiger partial charge in [-0.25, -0.2) is 9.97 Å². The van der Waals surface area contributed by atoms with Crippen molar-refractivity contribution in [1.82, 2.24) is 9.97 Å². The van der Waals surface area contributed by atoms with Gasteiger partial charge in [-0.1, -0.05) is 11.6 Å². The Morgan fingerprint density at radius 1 is 1.38 bits per heavy atom. The van der Waals surface area contributed by atoms with Crippen molar-refractivity contribution in [1.29, 1.82) is 0 Å². The normalized spacial score (nSPS) is 10.4. The second-order valence-corrected chi connectivity index (χ2v) is 3.77. The lowest BCUT2D eigenvalue weighted by molar-refractivity contribution is 0.192. The smallest absolute Gasteiger partial charge is 0.157 e. The van der Waals surface area contributed by atoms with Crippen LogP contribution in [-0.4, -0.2) is 30.2 Å².